The quantitative estimate of drug-likeness (QED) is 0.373. The Balaban J connectivity index is 3.53. The van der Waals surface area contributed by atoms with Crippen molar-refractivity contribution in [1.29, 1.82) is 0 Å². The SMILES string of the molecule is CCCCCC(CC)OC(=O)CCCCCCCC(=O)O. The van der Waals surface area contributed by atoms with Gasteiger partial charge in [-0.2, -0.15) is 0 Å². The van der Waals surface area contributed by atoms with E-state index in [1.807, 2.05) is 0 Å². The minimum Gasteiger partial charge on any atom is -0.481 e. The van der Waals surface area contributed by atoms with E-state index in [1.54, 1.807) is 0 Å². The van der Waals surface area contributed by atoms with E-state index in [0.29, 0.717) is 6.42 Å². The van der Waals surface area contributed by atoms with Gasteiger partial charge in [-0.05, 0) is 32.1 Å². The smallest absolute Gasteiger partial charge is 0.306 e. The molecule has 1 atom stereocenters. The van der Waals surface area contributed by atoms with Gasteiger partial charge >= 0.3 is 11.9 Å². The first-order chi connectivity index (χ1) is 10.1. The van der Waals surface area contributed by atoms with Crippen molar-refractivity contribution in [1.82, 2.24) is 0 Å². The van der Waals surface area contributed by atoms with Crippen LogP contribution in [0.5, 0.6) is 0 Å². The molecule has 0 amide bonds. The molecule has 0 saturated carbocycles. The lowest BCUT2D eigenvalue weighted by atomic mass is 10.1. The molecule has 0 bridgehead atoms. The summed E-state index contributed by atoms with van der Waals surface area (Å²) in [4.78, 5) is 22.1. The van der Waals surface area contributed by atoms with Crippen LogP contribution in [-0.4, -0.2) is 23.1 Å². The van der Waals surface area contributed by atoms with E-state index in [9.17, 15) is 9.59 Å². The van der Waals surface area contributed by atoms with E-state index >= 15 is 0 Å². The Morgan fingerprint density at radius 2 is 1.52 bits per heavy atom. The normalized spacial score (nSPS) is 12.1. The molecule has 4 heteroatoms. The van der Waals surface area contributed by atoms with Gasteiger partial charge in [0.05, 0.1) is 0 Å². The van der Waals surface area contributed by atoms with E-state index in [1.165, 1.54) is 12.8 Å². The Hall–Kier alpha value is -1.06. The van der Waals surface area contributed by atoms with Crippen LogP contribution in [0.3, 0.4) is 0 Å². The second-order valence-corrected chi connectivity index (χ2v) is 5.68. The predicted molar refractivity (Wildman–Crippen MR) is 84.3 cm³/mol. The lowest BCUT2D eigenvalue weighted by Gasteiger charge is -2.16. The van der Waals surface area contributed by atoms with Crippen LogP contribution in [0.4, 0.5) is 0 Å². The highest BCUT2D eigenvalue weighted by atomic mass is 16.5. The van der Waals surface area contributed by atoms with Crippen LogP contribution in [0.1, 0.15) is 90.9 Å². The highest BCUT2D eigenvalue weighted by Gasteiger charge is 2.11. The largest absolute Gasteiger partial charge is 0.481 e. The Bertz CT molecular complexity index is 276. The third-order valence-corrected chi connectivity index (χ3v) is 3.65. The van der Waals surface area contributed by atoms with Gasteiger partial charge < -0.3 is 9.84 Å². The molecule has 1 N–H and O–H groups in total. The summed E-state index contributed by atoms with van der Waals surface area (Å²) in [5, 5.41) is 8.51. The molecular weight excluding hydrogens is 268 g/mol. The van der Waals surface area contributed by atoms with Crippen molar-refractivity contribution in [3.05, 3.63) is 0 Å². The van der Waals surface area contributed by atoms with Crippen LogP contribution in [0, 0.1) is 0 Å². The standard InChI is InChI=1S/C17H32O4/c1-3-5-9-12-15(4-2)21-17(20)14-11-8-6-7-10-13-16(18)19/h15H,3-14H2,1-2H3,(H,18,19). The van der Waals surface area contributed by atoms with Crippen molar-refractivity contribution in [3.63, 3.8) is 0 Å². The number of carboxylic acid groups (broad SMARTS) is 1. The average Bonchev–Trinajstić information content (AvgIpc) is 2.45. The van der Waals surface area contributed by atoms with Gasteiger partial charge in [-0.1, -0.05) is 46.0 Å². The van der Waals surface area contributed by atoms with Crippen molar-refractivity contribution in [2.45, 2.75) is 97.0 Å². The van der Waals surface area contributed by atoms with Crippen LogP contribution < -0.4 is 0 Å². The summed E-state index contributed by atoms with van der Waals surface area (Å²) < 4.78 is 5.49. The number of ether oxygens (including phenoxy) is 1. The number of carbonyl (C=O) groups excluding carboxylic acids is 1. The van der Waals surface area contributed by atoms with E-state index in [2.05, 4.69) is 13.8 Å². The van der Waals surface area contributed by atoms with Crippen molar-refractivity contribution >= 4 is 11.9 Å². The molecule has 0 aliphatic carbocycles. The summed E-state index contributed by atoms with van der Waals surface area (Å²) in [5.41, 5.74) is 0. The number of carboxylic acids is 1. The van der Waals surface area contributed by atoms with Gasteiger partial charge in [0.15, 0.2) is 0 Å². The van der Waals surface area contributed by atoms with Gasteiger partial charge in [0.2, 0.25) is 0 Å². The average molecular weight is 300 g/mol. The molecule has 0 aliphatic rings. The molecule has 0 aromatic heterocycles. The molecule has 4 nitrogen and oxygen atoms in total. The number of hydrogen-bond acceptors (Lipinski definition) is 3. The van der Waals surface area contributed by atoms with Gasteiger partial charge in [0, 0.05) is 12.8 Å². The number of rotatable bonds is 14. The van der Waals surface area contributed by atoms with Gasteiger partial charge in [-0.15, -0.1) is 0 Å². The topological polar surface area (TPSA) is 63.6 Å². The fourth-order valence-corrected chi connectivity index (χ4v) is 2.29. The zero-order valence-corrected chi connectivity index (χ0v) is 13.7. The fourth-order valence-electron chi connectivity index (χ4n) is 2.29. The first-order valence-corrected chi connectivity index (χ1v) is 8.51. The number of aliphatic carboxylic acids is 1. The highest BCUT2D eigenvalue weighted by molar-refractivity contribution is 5.69. The van der Waals surface area contributed by atoms with Crippen LogP contribution in [0.25, 0.3) is 0 Å². The monoisotopic (exact) mass is 300 g/mol. The van der Waals surface area contributed by atoms with Crippen molar-refractivity contribution in [2.24, 2.45) is 0 Å². The van der Waals surface area contributed by atoms with Crippen LogP contribution in [-0.2, 0) is 14.3 Å². The predicted octanol–water partition coefficient (Wildman–Crippen LogP) is 4.70. The first kappa shape index (κ1) is 19.9. The molecule has 0 rings (SSSR count). The molecule has 0 aromatic carbocycles. The number of carbonyl (C=O) groups is 2. The summed E-state index contributed by atoms with van der Waals surface area (Å²) in [6.07, 6.45) is 10.7. The minimum atomic E-state index is -0.729. The maximum atomic E-state index is 11.7. The van der Waals surface area contributed by atoms with Gasteiger partial charge in [0.25, 0.3) is 0 Å². The summed E-state index contributed by atoms with van der Waals surface area (Å²) in [5.74, 6) is -0.809. The third-order valence-electron chi connectivity index (χ3n) is 3.65. The Morgan fingerprint density at radius 1 is 0.905 bits per heavy atom. The summed E-state index contributed by atoms with van der Waals surface area (Å²) in [6, 6.07) is 0. The number of unbranched alkanes of at least 4 members (excludes halogenated alkanes) is 6. The van der Waals surface area contributed by atoms with E-state index in [-0.39, 0.29) is 18.5 Å². The maximum Gasteiger partial charge on any atom is 0.306 e. The number of esters is 1. The third kappa shape index (κ3) is 13.7. The molecule has 21 heavy (non-hydrogen) atoms. The Kier molecular flexibility index (Phi) is 13.2. The van der Waals surface area contributed by atoms with E-state index in [0.717, 1.165) is 51.4 Å². The fraction of sp³-hybridized carbons (Fsp3) is 0.882. The van der Waals surface area contributed by atoms with Gasteiger partial charge in [-0.25, -0.2) is 0 Å². The molecule has 124 valence electrons. The van der Waals surface area contributed by atoms with E-state index < -0.39 is 5.97 Å². The highest BCUT2D eigenvalue weighted by Crippen LogP contribution is 2.13. The molecule has 0 aliphatic heterocycles. The maximum absolute atomic E-state index is 11.7. The van der Waals surface area contributed by atoms with Crippen LogP contribution >= 0.6 is 0 Å². The molecular formula is C17H32O4. The lowest BCUT2D eigenvalue weighted by molar-refractivity contribution is -0.149. The number of hydrogen-bond donors (Lipinski definition) is 1. The zero-order chi connectivity index (χ0) is 15.9. The summed E-state index contributed by atoms with van der Waals surface area (Å²) in [6.45, 7) is 4.23. The van der Waals surface area contributed by atoms with Crippen LogP contribution in [0.2, 0.25) is 0 Å². The van der Waals surface area contributed by atoms with Crippen molar-refractivity contribution in [3.8, 4) is 0 Å². The molecule has 0 heterocycles. The zero-order valence-electron chi connectivity index (χ0n) is 13.7. The van der Waals surface area contributed by atoms with Crippen molar-refractivity contribution in [2.75, 3.05) is 0 Å². The van der Waals surface area contributed by atoms with Gasteiger partial charge in [-0.3, -0.25) is 9.59 Å². The molecule has 0 aromatic rings. The Morgan fingerprint density at radius 3 is 2.10 bits per heavy atom. The minimum absolute atomic E-state index is 0.0797. The molecule has 0 fully saturated rings. The van der Waals surface area contributed by atoms with Gasteiger partial charge in [0.1, 0.15) is 6.10 Å². The van der Waals surface area contributed by atoms with E-state index in [4.69, 9.17) is 9.84 Å². The van der Waals surface area contributed by atoms with Crippen LogP contribution in [0.15, 0.2) is 0 Å². The second kappa shape index (κ2) is 13.9. The molecule has 1 unspecified atom stereocenters. The molecule has 0 saturated heterocycles. The lowest BCUT2D eigenvalue weighted by Crippen LogP contribution is -2.17. The molecule has 0 radical (unpaired) electrons. The summed E-state index contributed by atoms with van der Waals surface area (Å²) >= 11 is 0. The first-order valence-electron chi connectivity index (χ1n) is 8.51. The van der Waals surface area contributed by atoms with Crippen molar-refractivity contribution < 1.29 is 19.4 Å². The summed E-state index contributed by atoms with van der Waals surface area (Å²) in [7, 11) is 0. The second-order valence-electron chi connectivity index (χ2n) is 5.68. The molecule has 0 spiro atoms. The Labute approximate surface area is 129 Å².